The highest BCUT2D eigenvalue weighted by Gasteiger charge is 2.27. The van der Waals surface area contributed by atoms with Gasteiger partial charge in [0.2, 0.25) is 0 Å². The van der Waals surface area contributed by atoms with E-state index in [1.165, 1.54) is 18.3 Å². The number of amides is 2. The summed E-state index contributed by atoms with van der Waals surface area (Å²) in [5.74, 6) is -0.998. The Labute approximate surface area is 206 Å². The van der Waals surface area contributed by atoms with Gasteiger partial charge in [-0.2, -0.15) is 10.2 Å². The zero-order valence-corrected chi connectivity index (χ0v) is 19.8. The van der Waals surface area contributed by atoms with Crippen LogP contribution in [0.25, 0.3) is 21.3 Å². The lowest BCUT2D eigenvalue weighted by molar-refractivity contribution is 0.0994. The van der Waals surface area contributed by atoms with Crippen molar-refractivity contribution in [3.8, 4) is 11.1 Å². The van der Waals surface area contributed by atoms with Crippen molar-refractivity contribution in [2.75, 3.05) is 5.32 Å². The standard InChI is InChI=1S/C23H19F2N7O3S/c1-11-14(9-28-31(11)2)13-8-15(20(24)25)29-23-17(13)18(19(36-23)21(26)33)30-22(34)16-5-4-12(35-16)10-32-7-3-6-27-32/h3-9,20H,10H2,1-2H3,(H2,26,33)(H,30,34). The Morgan fingerprint density at radius 2 is 2.06 bits per heavy atom. The molecule has 0 radical (unpaired) electrons. The number of rotatable bonds is 7. The van der Waals surface area contributed by atoms with Crippen molar-refractivity contribution >= 4 is 39.1 Å². The third kappa shape index (κ3) is 4.13. The molecule has 5 aromatic heterocycles. The number of alkyl halides is 2. The summed E-state index contributed by atoms with van der Waals surface area (Å²) in [5.41, 5.74) is 6.79. The highest BCUT2D eigenvalue weighted by atomic mass is 32.1. The van der Waals surface area contributed by atoms with Gasteiger partial charge in [-0.05, 0) is 36.8 Å². The van der Waals surface area contributed by atoms with Crippen LogP contribution in [0.1, 0.15) is 43.8 Å². The molecule has 2 amide bonds. The predicted molar refractivity (Wildman–Crippen MR) is 128 cm³/mol. The number of carbonyl (C=O) groups excluding carboxylic acids is 2. The van der Waals surface area contributed by atoms with Gasteiger partial charge in [0.15, 0.2) is 5.76 Å². The molecule has 5 heterocycles. The molecule has 5 aromatic rings. The molecule has 0 spiro atoms. The first-order chi connectivity index (χ1) is 17.2. The first kappa shape index (κ1) is 23.4. The van der Waals surface area contributed by atoms with Gasteiger partial charge in [0.25, 0.3) is 18.2 Å². The molecule has 0 aliphatic heterocycles. The number of primary amides is 1. The molecule has 0 saturated carbocycles. The molecule has 10 nitrogen and oxygen atoms in total. The Kier molecular flexibility index (Phi) is 5.84. The van der Waals surface area contributed by atoms with Crippen molar-refractivity contribution in [3.05, 3.63) is 70.6 Å². The molecule has 5 rings (SSSR count). The van der Waals surface area contributed by atoms with Gasteiger partial charge in [-0.15, -0.1) is 11.3 Å². The second-order valence-electron chi connectivity index (χ2n) is 7.94. The second kappa shape index (κ2) is 9.00. The van der Waals surface area contributed by atoms with Crippen LogP contribution in [0.4, 0.5) is 14.5 Å². The molecule has 0 unspecified atom stereocenters. The summed E-state index contributed by atoms with van der Waals surface area (Å²) in [6, 6.07) is 6.13. The summed E-state index contributed by atoms with van der Waals surface area (Å²) in [6.07, 6.45) is 2.06. The highest BCUT2D eigenvalue weighted by Crippen LogP contribution is 2.43. The lowest BCUT2D eigenvalue weighted by Gasteiger charge is -2.10. The molecule has 0 aliphatic carbocycles. The van der Waals surface area contributed by atoms with Crippen LogP contribution in [0.15, 0.2) is 47.3 Å². The number of halogens is 2. The lowest BCUT2D eigenvalue weighted by Crippen LogP contribution is -2.16. The highest BCUT2D eigenvalue weighted by molar-refractivity contribution is 7.21. The molecule has 0 fully saturated rings. The van der Waals surface area contributed by atoms with Crippen LogP contribution in [-0.2, 0) is 13.6 Å². The number of aryl methyl sites for hydroxylation is 1. The van der Waals surface area contributed by atoms with E-state index in [0.717, 1.165) is 11.3 Å². The number of fused-ring (bicyclic) bond motifs is 1. The molecular formula is C23H19F2N7O3S. The van der Waals surface area contributed by atoms with Gasteiger partial charge in [0.1, 0.15) is 21.2 Å². The van der Waals surface area contributed by atoms with Gasteiger partial charge in [-0.3, -0.25) is 19.0 Å². The summed E-state index contributed by atoms with van der Waals surface area (Å²) in [7, 11) is 1.72. The zero-order chi connectivity index (χ0) is 25.6. The van der Waals surface area contributed by atoms with Crippen LogP contribution < -0.4 is 11.1 Å². The third-order valence-corrected chi connectivity index (χ3v) is 6.75. The average molecular weight is 512 g/mol. The fraction of sp³-hybridized carbons (Fsp3) is 0.174. The number of pyridine rings is 1. The van der Waals surface area contributed by atoms with Crippen LogP contribution in [-0.4, -0.2) is 36.4 Å². The molecule has 13 heteroatoms. The van der Waals surface area contributed by atoms with E-state index in [4.69, 9.17) is 10.2 Å². The Morgan fingerprint density at radius 1 is 1.25 bits per heavy atom. The van der Waals surface area contributed by atoms with E-state index < -0.39 is 23.9 Å². The first-order valence-electron chi connectivity index (χ1n) is 10.6. The molecule has 0 saturated heterocycles. The lowest BCUT2D eigenvalue weighted by atomic mass is 10.0. The number of aromatic nitrogens is 5. The van der Waals surface area contributed by atoms with Crippen molar-refractivity contribution in [1.29, 1.82) is 0 Å². The summed E-state index contributed by atoms with van der Waals surface area (Å²) < 4.78 is 36.2. The van der Waals surface area contributed by atoms with Crippen LogP contribution in [0.5, 0.6) is 0 Å². The van der Waals surface area contributed by atoms with Crippen molar-refractivity contribution in [2.24, 2.45) is 12.8 Å². The maximum atomic E-state index is 13.7. The van der Waals surface area contributed by atoms with E-state index in [1.54, 1.807) is 47.9 Å². The SMILES string of the molecule is Cc1c(-c2cc(C(F)F)nc3sc(C(N)=O)c(NC(=O)c4ccc(Cn5cccn5)o4)c23)cnn1C. The smallest absolute Gasteiger partial charge is 0.291 e. The minimum absolute atomic E-state index is 0.0109. The molecule has 0 bridgehead atoms. The number of carbonyl (C=O) groups is 2. The minimum Gasteiger partial charge on any atom is -0.454 e. The first-order valence-corrected chi connectivity index (χ1v) is 11.5. The summed E-state index contributed by atoms with van der Waals surface area (Å²) in [5, 5.41) is 11.3. The van der Waals surface area contributed by atoms with Crippen LogP contribution in [0.2, 0.25) is 0 Å². The van der Waals surface area contributed by atoms with Crippen LogP contribution >= 0.6 is 11.3 Å². The number of nitrogens with two attached hydrogens (primary N) is 1. The van der Waals surface area contributed by atoms with Crippen molar-refractivity contribution in [3.63, 3.8) is 0 Å². The quantitative estimate of drug-likeness (QED) is 0.337. The van der Waals surface area contributed by atoms with E-state index >= 15 is 0 Å². The fourth-order valence-electron chi connectivity index (χ4n) is 3.81. The van der Waals surface area contributed by atoms with E-state index in [-0.39, 0.29) is 21.2 Å². The maximum absolute atomic E-state index is 13.7. The van der Waals surface area contributed by atoms with Crippen LogP contribution in [0, 0.1) is 6.92 Å². The fourth-order valence-corrected chi connectivity index (χ4v) is 4.83. The number of hydrogen-bond donors (Lipinski definition) is 2. The molecule has 3 N–H and O–H groups in total. The Bertz CT molecular complexity index is 1600. The molecular weight excluding hydrogens is 492 g/mol. The maximum Gasteiger partial charge on any atom is 0.291 e. The number of thiophene rings is 1. The molecule has 0 atom stereocenters. The van der Waals surface area contributed by atoms with E-state index in [9.17, 15) is 18.4 Å². The predicted octanol–water partition coefficient (Wildman–Crippen LogP) is 4.13. The van der Waals surface area contributed by atoms with Gasteiger partial charge in [0.05, 0.1) is 18.4 Å². The van der Waals surface area contributed by atoms with Gasteiger partial charge >= 0.3 is 0 Å². The Morgan fingerprint density at radius 3 is 2.69 bits per heavy atom. The minimum atomic E-state index is -2.85. The Balaban J connectivity index is 1.61. The third-order valence-electron chi connectivity index (χ3n) is 5.66. The van der Waals surface area contributed by atoms with Gasteiger partial charge in [-0.1, -0.05) is 0 Å². The number of hydrogen-bond acceptors (Lipinski definition) is 7. The zero-order valence-electron chi connectivity index (χ0n) is 19.0. The molecule has 36 heavy (non-hydrogen) atoms. The topological polar surface area (TPSA) is 134 Å². The monoisotopic (exact) mass is 511 g/mol. The number of nitrogens with zero attached hydrogens (tertiary/aromatic N) is 5. The van der Waals surface area contributed by atoms with E-state index in [0.29, 0.717) is 34.5 Å². The van der Waals surface area contributed by atoms with Crippen molar-refractivity contribution in [2.45, 2.75) is 19.9 Å². The van der Waals surface area contributed by atoms with Gasteiger partial charge in [-0.25, -0.2) is 13.8 Å². The second-order valence-corrected chi connectivity index (χ2v) is 8.94. The van der Waals surface area contributed by atoms with Crippen molar-refractivity contribution in [1.82, 2.24) is 24.5 Å². The summed E-state index contributed by atoms with van der Waals surface area (Å²) in [6.45, 7) is 2.10. The number of nitrogens with one attached hydrogen (secondary N) is 1. The van der Waals surface area contributed by atoms with Gasteiger partial charge < -0.3 is 15.5 Å². The normalized spacial score (nSPS) is 11.5. The van der Waals surface area contributed by atoms with E-state index in [1.807, 2.05) is 0 Å². The summed E-state index contributed by atoms with van der Waals surface area (Å²) >= 11 is 0.827. The average Bonchev–Trinajstić information content (AvgIpc) is 3.63. The summed E-state index contributed by atoms with van der Waals surface area (Å²) in [4.78, 5) is 29.5. The van der Waals surface area contributed by atoms with Gasteiger partial charge in [0, 0.05) is 36.1 Å². The largest absolute Gasteiger partial charge is 0.454 e. The molecule has 184 valence electrons. The van der Waals surface area contributed by atoms with Crippen molar-refractivity contribution < 1.29 is 22.8 Å². The number of furan rings is 1. The Hall–Kier alpha value is -4.39. The van der Waals surface area contributed by atoms with Crippen LogP contribution in [0.3, 0.4) is 0 Å². The molecule has 0 aliphatic rings. The van der Waals surface area contributed by atoms with E-state index in [2.05, 4.69) is 20.5 Å². The molecule has 0 aromatic carbocycles. The number of anilines is 1.